The Labute approximate surface area is 172 Å². The third kappa shape index (κ3) is 5.17. The smallest absolute Gasteiger partial charge is 0.340 e. The fraction of sp³-hybridized carbons (Fsp3) is 0.455. The van der Waals surface area contributed by atoms with E-state index in [1.807, 2.05) is 30.0 Å². The van der Waals surface area contributed by atoms with Gasteiger partial charge >= 0.3 is 5.97 Å². The van der Waals surface area contributed by atoms with Crippen molar-refractivity contribution in [2.75, 3.05) is 33.9 Å². The predicted octanol–water partition coefficient (Wildman–Crippen LogP) is 3.53. The zero-order chi connectivity index (χ0) is 21.6. The summed E-state index contributed by atoms with van der Waals surface area (Å²) in [7, 11) is 3.19. The maximum atomic E-state index is 12.9. The van der Waals surface area contributed by atoms with E-state index in [0.29, 0.717) is 53.7 Å². The lowest BCUT2D eigenvalue weighted by Crippen LogP contribution is -2.30. The zero-order valence-corrected chi connectivity index (χ0v) is 18.0. The summed E-state index contributed by atoms with van der Waals surface area (Å²) in [6.45, 7) is 9.12. The normalized spacial score (nSPS) is 10.9. The molecule has 1 aromatic heterocycles. The minimum absolute atomic E-state index is 0.0662. The van der Waals surface area contributed by atoms with Gasteiger partial charge in [-0.15, -0.1) is 0 Å². The van der Waals surface area contributed by atoms with Crippen molar-refractivity contribution in [3.8, 4) is 11.5 Å². The van der Waals surface area contributed by atoms with Gasteiger partial charge < -0.3 is 19.2 Å². The molecule has 0 amide bonds. The van der Waals surface area contributed by atoms with Crippen molar-refractivity contribution in [1.82, 2.24) is 9.88 Å². The number of methoxy groups -OCH3 is 2. The van der Waals surface area contributed by atoms with Gasteiger partial charge in [0.25, 0.3) is 0 Å². The number of aromatic amines is 1. The van der Waals surface area contributed by atoms with E-state index in [9.17, 15) is 9.59 Å². The summed E-state index contributed by atoms with van der Waals surface area (Å²) in [4.78, 5) is 30.2. The molecule has 1 N–H and O–H groups in total. The van der Waals surface area contributed by atoms with Crippen molar-refractivity contribution in [2.24, 2.45) is 0 Å². The van der Waals surface area contributed by atoms with Gasteiger partial charge in [0, 0.05) is 12.2 Å². The first-order valence-electron chi connectivity index (χ1n) is 9.68. The van der Waals surface area contributed by atoms with Crippen LogP contribution in [0.15, 0.2) is 18.2 Å². The van der Waals surface area contributed by atoms with Crippen LogP contribution >= 0.6 is 0 Å². The molecule has 0 unspecified atom stereocenters. The molecule has 2 aromatic rings. The number of aryl methyl sites for hydroxylation is 1. The van der Waals surface area contributed by atoms with Crippen LogP contribution in [0.3, 0.4) is 0 Å². The van der Waals surface area contributed by atoms with E-state index in [-0.39, 0.29) is 12.3 Å². The molecule has 0 aliphatic heterocycles. The molecule has 29 heavy (non-hydrogen) atoms. The minimum atomic E-state index is -0.407. The van der Waals surface area contributed by atoms with E-state index in [1.54, 1.807) is 35.0 Å². The Kier molecular flexibility index (Phi) is 7.84. The summed E-state index contributed by atoms with van der Waals surface area (Å²) in [6, 6.07) is 5.72. The van der Waals surface area contributed by atoms with Gasteiger partial charge in [-0.25, -0.2) is 4.79 Å². The van der Waals surface area contributed by atoms with E-state index in [1.165, 1.54) is 0 Å². The molecule has 1 aromatic carbocycles. The Morgan fingerprint density at radius 2 is 1.76 bits per heavy atom. The average molecular weight is 402 g/mol. The van der Waals surface area contributed by atoms with Crippen LogP contribution in [0.5, 0.6) is 11.5 Å². The molecular formula is C22H30N2O5. The number of rotatable bonds is 10. The molecule has 7 heteroatoms. The van der Waals surface area contributed by atoms with Gasteiger partial charge in [-0.1, -0.05) is 13.0 Å². The highest BCUT2D eigenvalue weighted by Crippen LogP contribution is 2.28. The van der Waals surface area contributed by atoms with Crippen LogP contribution in [0.4, 0.5) is 0 Å². The average Bonchev–Trinajstić information content (AvgIpc) is 3.01. The summed E-state index contributed by atoms with van der Waals surface area (Å²) in [6.07, 6.45) is 0. The van der Waals surface area contributed by atoms with Crippen LogP contribution in [-0.4, -0.2) is 55.6 Å². The highest BCUT2D eigenvalue weighted by atomic mass is 16.5. The summed E-state index contributed by atoms with van der Waals surface area (Å²) < 4.78 is 15.7. The number of benzene rings is 1. The van der Waals surface area contributed by atoms with Crippen molar-refractivity contribution in [3.05, 3.63) is 46.3 Å². The van der Waals surface area contributed by atoms with Gasteiger partial charge in [-0.3, -0.25) is 9.69 Å². The molecular weight excluding hydrogens is 372 g/mol. The van der Waals surface area contributed by atoms with E-state index in [0.717, 1.165) is 5.56 Å². The van der Waals surface area contributed by atoms with Crippen LogP contribution in [-0.2, 0) is 11.3 Å². The van der Waals surface area contributed by atoms with Gasteiger partial charge in [0.2, 0.25) is 0 Å². The number of nitrogens with zero attached hydrogens (tertiary/aromatic N) is 1. The predicted molar refractivity (Wildman–Crippen MR) is 111 cm³/mol. The Balaban J connectivity index is 2.16. The van der Waals surface area contributed by atoms with Crippen molar-refractivity contribution < 1.29 is 23.8 Å². The molecule has 0 bridgehead atoms. The van der Waals surface area contributed by atoms with Crippen LogP contribution in [0.2, 0.25) is 0 Å². The van der Waals surface area contributed by atoms with Gasteiger partial charge in [0.05, 0.1) is 38.6 Å². The number of Topliss-reactive ketones (excluding diaryl/α,β-unsaturated/α-hetero) is 1. The second kappa shape index (κ2) is 10.1. The van der Waals surface area contributed by atoms with Crippen LogP contribution in [0.25, 0.3) is 0 Å². The Bertz CT molecular complexity index is 872. The van der Waals surface area contributed by atoms with E-state index in [2.05, 4.69) is 4.98 Å². The molecule has 0 aliphatic carbocycles. The maximum Gasteiger partial charge on any atom is 0.340 e. The molecule has 1 heterocycles. The van der Waals surface area contributed by atoms with Crippen LogP contribution in [0.1, 0.15) is 51.5 Å². The Morgan fingerprint density at radius 3 is 2.34 bits per heavy atom. The lowest BCUT2D eigenvalue weighted by atomic mass is 10.1. The highest BCUT2D eigenvalue weighted by molar-refractivity contribution is 6.02. The first-order chi connectivity index (χ1) is 13.9. The number of hydrogen-bond donors (Lipinski definition) is 1. The van der Waals surface area contributed by atoms with Crippen LogP contribution < -0.4 is 9.47 Å². The molecule has 0 saturated heterocycles. The maximum absolute atomic E-state index is 12.9. The number of carbonyl (C=O) groups excluding carboxylic acids is 2. The van der Waals surface area contributed by atoms with Gasteiger partial charge in [-0.05, 0) is 50.6 Å². The molecule has 0 radical (unpaired) electrons. The number of ketones is 1. The highest BCUT2D eigenvalue weighted by Gasteiger charge is 2.23. The van der Waals surface area contributed by atoms with Crippen molar-refractivity contribution in [1.29, 1.82) is 0 Å². The number of aromatic nitrogens is 1. The monoisotopic (exact) mass is 402 g/mol. The molecule has 2 rings (SSSR count). The topological polar surface area (TPSA) is 80.9 Å². The molecule has 0 aliphatic rings. The number of carbonyl (C=O) groups is 2. The standard InChI is InChI=1S/C22H30N2O5/c1-7-24(12-16-9-10-18(27-5)19(11-16)28-6)13-17(25)21-14(3)20(15(4)23-21)22(26)29-8-2/h9-11,23H,7-8,12-13H2,1-6H3. The zero-order valence-electron chi connectivity index (χ0n) is 18.0. The minimum Gasteiger partial charge on any atom is -0.493 e. The molecule has 0 fully saturated rings. The third-order valence-electron chi connectivity index (χ3n) is 4.86. The van der Waals surface area contributed by atoms with Crippen molar-refractivity contribution in [2.45, 2.75) is 34.2 Å². The fourth-order valence-corrected chi connectivity index (χ4v) is 3.34. The Hall–Kier alpha value is -2.80. The third-order valence-corrected chi connectivity index (χ3v) is 4.86. The van der Waals surface area contributed by atoms with E-state index >= 15 is 0 Å². The number of esters is 1. The molecule has 0 saturated carbocycles. The SMILES string of the molecule is CCOC(=O)c1c(C)[nH]c(C(=O)CN(CC)Cc2ccc(OC)c(OC)c2)c1C. The molecule has 0 atom stereocenters. The number of hydrogen-bond acceptors (Lipinski definition) is 6. The van der Waals surface area contributed by atoms with Gasteiger partial charge in [0.1, 0.15) is 0 Å². The van der Waals surface area contributed by atoms with E-state index < -0.39 is 5.97 Å². The number of ether oxygens (including phenoxy) is 3. The lowest BCUT2D eigenvalue weighted by Gasteiger charge is -2.20. The quantitative estimate of drug-likeness (QED) is 0.484. The molecule has 7 nitrogen and oxygen atoms in total. The number of likely N-dealkylation sites (N-methyl/N-ethyl adjacent to an activating group) is 1. The largest absolute Gasteiger partial charge is 0.493 e. The second-order valence-electron chi connectivity index (χ2n) is 6.76. The lowest BCUT2D eigenvalue weighted by molar-refractivity contribution is 0.0525. The second-order valence-corrected chi connectivity index (χ2v) is 6.76. The summed E-state index contributed by atoms with van der Waals surface area (Å²) in [5.74, 6) is 0.848. The summed E-state index contributed by atoms with van der Waals surface area (Å²) in [5, 5.41) is 0. The Morgan fingerprint density at radius 1 is 1.07 bits per heavy atom. The first kappa shape index (κ1) is 22.5. The fourth-order valence-electron chi connectivity index (χ4n) is 3.34. The van der Waals surface area contributed by atoms with Crippen LogP contribution in [0, 0.1) is 13.8 Å². The summed E-state index contributed by atoms with van der Waals surface area (Å²) in [5.41, 5.74) is 3.19. The van der Waals surface area contributed by atoms with Crippen molar-refractivity contribution in [3.63, 3.8) is 0 Å². The number of nitrogens with one attached hydrogen (secondary N) is 1. The van der Waals surface area contributed by atoms with Gasteiger partial charge in [0.15, 0.2) is 17.3 Å². The van der Waals surface area contributed by atoms with Crippen molar-refractivity contribution >= 4 is 11.8 Å². The van der Waals surface area contributed by atoms with E-state index in [4.69, 9.17) is 14.2 Å². The van der Waals surface area contributed by atoms with Gasteiger partial charge in [-0.2, -0.15) is 0 Å². The number of H-pyrrole nitrogens is 1. The first-order valence-corrected chi connectivity index (χ1v) is 9.68. The summed E-state index contributed by atoms with van der Waals surface area (Å²) >= 11 is 0. The molecule has 0 spiro atoms. The molecule has 158 valence electrons.